The second kappa shape index (κ2) is 6.92. The number of nitrogen functional groups attached to an aromatic ring is 1. The van der Waals surface area contributed by atoms with Crippen LogP contribution >= 0.6 is 0 Å². The molecule has 0 saturated heterocycles. The Kier molecular flexibility index (Phi) is 5.50. The van der Waals surface area contributed by atoms with Crippen molar-refractivity contribution >= 4 is 22.5 Å². The Morgan fingerprint density at radius 3 is 2.76 bits per heavy atom. The number of rotatable bonds is 6. The summed E-state index contributed by atoms with van der Waals surface area (Å²) in [5.74, 6) is 6.19. The monoisotopic (exact) mass is 257 g/mol. The first-order valence-electron chi connectivity index (χ1n) is 5.11. The molecule has 1 amide bonds. The first kappa shape index (κ1) is 13.5. The molecule has 0 bridgehead atoms. The Labute approximate surface area is 102 Å². The number of amides is 1. The fourth-order valence-electron chi connectivity index (χ4n) is 1.04. The number of carbonyl (C=O) groups is 1. The molecule has 1 heterocycles. The van der Waals surface area contributed by atoms with Crippen LogP contribution in [-0.2, 0) is 10.8 Å². The van der Waals surface area contributed by atoms with Crippen LogP contribution in [-0.4, -0.2) is 38.4 Å². The van der Waals surface area contributed by atoms with E-state index in [0.717, 1.165) is 0 Å². The Morgan fingerprint density at radius 1 is 1.47 bits per heavy atom. The molecular weight excluding hydrogens is 242 g/mol. The van der Waals surface area contributed by atoms with Crippen LogP contribution in [0.2, 0.25) is 0 Å². The van der Waals surface area contributed by atoms with Crippen molar-refractivity contribution in [3.63, 3.8) is 0 Å². The summed E-state index contributed by atoms with van der Waals surface area (Å²) in [5, 5.41) is 9.97. The average molecular weight is 257 g/mol. The molecule has 8 heteroatoms. The zero-order valence-electron chi connectivity index (χ0n) is 9.47. The molecule has 0 aromatic carbocycles. The summed E-state index contributed by atoms with van der Waals surface area (Å²) >= 11 is 0. The van der Waals surface area contributed by atoms with Gasteiger partial charge in [0, 0.05) is 28.9 Å². The minimum Gasteiger partial charge on any atom is -0.350 e. The van der Waals surface area contributed by atoms with Crippen LogP contribution in [0.1, 0.15) is 17.4 Å². The number of carbonyl (C=O) groups excluding carboxylic acids is 1. The van der Waals surface area contributed by atoms with E-state index in [-0.39, 0.29) is 11.6 Å². The predicted octanol–water partition coefficient (Wildman–Crippen LogP) is -0.739. The van der Waals surface area contributed by atoms with Gasteiger partial charge in [0.05, 0.1) is 0 Å². The summed E-state index contributed by atoms with van der Waals surface area (Å²) in [7, 11) is -0.882. The molecule has 0 radical (unpaired) electrons. The van der Waals surface area contributed by atoms with E-state index in [2.05, 4.69) is 20.9 Å². The van der Waals surface area contributed by atoms with Crippen LogP contribution in [0.15, 0.2) is 12.1 Å². The van der Waals surface area contributed by atoms with E-state index in [1.165, 1.54) is 6.07 Å². The van der Waals surface area contributed by atoms with Gasteiger partial charge in [0.25, 0.3) is 5.91 Å². The second-order valence-electron chi connectivity index (χ2n) is 3.14. The van der Waals surface area contributed by atoms with Crippen LogP contribution in [0.5, 0.6) is 0 Å². The number of hydrogen-bond donors (Lipinski definition) is 3. The highest BCUT2D eigenvalue weighted by Gasteiger charge is 2.07. The van der Waals surface area contributed by atoms with Crippen molar-refractivity contribution in [3.8, 4) is 0 Å². The maximum atomic E-state index is 11.5. The number of hydrogen-bond acceptors (Lipinski definition) is 6. The van der Waals surface area contributed by atoms with Gasteiger partial charge in [0.1, 0.15) is 0 Å². The molecule has 4 N–H and O–H groups in total. The fourth-order valence-corrected chi connectivity index (χ4v) is 1.66. The minimum atomic E-state index is -0.882. The Bertz CT molecular complexity index is 395. The van der Waals surface area contributed by atoms with Gasteiger partial charge in [-0.3, -0.25) is 9.00 Å². The molecule has 1 aromatic rings. The first-order valence-corrected chi connectivity index (χ1v) is 6.59. The highest BCUT2D eigenvalue weighted by Crippen LogP contribution is 1.99. The van der Waals surface area contributed by atoms with Gasteiger partial charge in [0.2, 0.25) is 0 Å². The van der Waals surface area contributed by atoms with E-state index in [1.807, 2.05) is 6.92 Å². The normalized spacial score (nSPS) is 11.9. The highest BCUT2D eigenvalue weighted by atomic mass is 32.2. The summed E-state index contributed by atoms with van der Waals surface area (Å²) in [6, 6.07) is 3.06. The van der Waals surface area contributed by atoms with Crippen LogP contribution in [0.3, 0.4) is 0 Å². The van der Waals surface area contributed by atoms with E-state index in [1.54, 1.807) is 6.07 Å². The van der Waals surface area contributed by atoms with Crippen LogP contribution in [0, 0.1) is 0 Å². The number of hydrazine groups is 1. The molecule has 17 heavy (non-hydrogen) atoms. The SMILES string of the molecule is CCS(=O)CCNC(=O)c1ccc(NN)nn1. The summed E-state index contributed by atoms with van der Waals surface area (Å²) in [5.41, 5.74) is 2.51. The van der Waals surface area contributed by atoms with Crippen LogP contribution in [0.4, 0.5) is 5.82 Å². The third-order valence-electron chi connectivity index (χ3n) is 1.98. The Morgan fingerprint density at radius 2 is 2.24 bits per heavy atom. The topological polar surface area (TPSA) is 110 Å². The van der Waals surface area contributed by atoms with Crippen molar-refractivity contribution < 1.29 is 9.00 Å². The Hall–Kier alpha value is -1.54. The molecule has 0 aliphatic heterocycles. The lowest BCUT2D eigenvalue weighted by molar-refractivity contribution is 0.0950. The number of nitrogens with two attached hydrogens (primary N) is 1. The molecule has 1 aromatic heterocycles. The minimum absolute atomic E-state index is 0.200. The average Bonchev–Trinajstić information content (AvgIpc) is 2.38. The zero-order chi connectivity index (χ0) is 12.7. The molecule has 1 atom stereocenters. The van der Waals surface area contributed by atoms with Gasteiger partial charge in [-0.05, 0) is 12.1 Å². The lowest BCUT2D eigenvalue weighted by atomic mass is 10.3. The van der Waals surface area contributed by atoms with Crippen molar-refractivity contribution in [2.75, 3.05) is 23.5 Å². The number of anilines is 1. The third kappa shape index (κ3) is 4.45. The molecule has 1 rings (SSSR count). The molecule has 0 spiro atoms. The second-order valence-corrected chi connectivity index (χ2v) is 5.00. The summed E-state index contributed by atoms with van der Waals surface area (Å²) < 4.78 is 11.1. The summed E-state index contributed by atoms with van der Waals surface area (Å²) in [6.45, 7) is 2.19. The number of aromatic nitrogens is 2. The lowest BCUT2D eigenvalue weighted by Crippen LogP contribution is -2.29. The maximum absolute atomic E-state index is 11.5. The van der Waals surface area contributed by atoms with Crippen molar-refractivity contribution in [1.29, 1.82) is 0 Å². The molecule has 1 unspecified atom stereocenters. The lowest BCUT2D eigenvalue weighted by Gasteiger charge is -2.04. The molecular formula is C9H15N5O2S. The van der Waals surface area contributed by atoms with Gasteiger partial charge in [-0.1, -0.05) is 6.92 Å². The zero-order valence-corrected chi connectivity index (χ0v) is 10.3. The molecule has 0 fully saturated rings. The molecule has 0 aliphatic carbocycles. The quantitative estimate of drug-likeness (QED) is 0.457. The standard InChI is InChI=1S/C9H15N5O2S/c1-2-17(16)6-5-11-9(15)7-3-4-8(12-10)14-13-7/h3-4H,2,5-6,10H2,1H3,(H,11,15)(H,12,14). The van der Waals surface area contributed by atoms with E-state index in [4.69, 9.17) is 5.84 Å². The fraction of sp³-hybridized carbons (Fsp3) is 0.444. The van der Waals surface area contributed by atoms with Gasteiger partial charge in [-0.2, -0.15) is 0 Å². The summed E-state index contributed by atoms with van der Waals surface area (Å²) in [6.07, 6.45) is 0. The van der Waals surface area contributed by atoms with Gasteiger partial charge in [-0.25, -0.2) is 5.84 Å². The van der Waals surface area contributed by atoms with Gasteiger partial charge in [-0.15, -0.1) is 10.2 Å². The van der Waals surface area contributed by atoms with Crippen molar-refractivity contribution in [2.45, 2.75) is 6.92 Å². The predicted molar refractivity (Wildman–Crippen MR) is 65.7 cm³/mol. The highest BCUT2D eigenvalue weighted by molar-refractivity contribution is 7.84. The van der Waals surface area contributed by atoms with Gasteiger partial charge < -0.3 is 10.7 Å². The van der Waals surface area contributed by atoms with Crippen molar-refractivity contribution in [2.24, 2.45) is 5.84 Å². The first-order chi connectivity index (χ1) is 8.17. The Balaban J connectivity index is 2.44. The van der Waals surface area contributed by atoms with Crippen molar-refractivity contribution in [3.05, 3.63) is 17.8 Å². The van der Waals surface area contributed by atoms with Crippen molar-refractivity contribution in [1.82, 2.24) is 15.5 Å². The number of nitrogens with one attached hydrogen (secondary N) is 2. The molecule has 94 valence electrons. The number of nitrogens with zero attached hydrogens (tertiary/aromatic N) is 2. The van der Waals surface area contributed by atoms with Gasteiger partial charge >= 0.3 is 0 Å². The largest absolute Gasteiger partial charge is 0.350 e. The van der Waals surface area contributed by atoms with Gasteiger partial charge in [0.15, 0.2) is 11.5 Å². The third-order valence-corrected chi connectivity index (χ3v) is 3.29. The van der Waals surface area contributed by atoms with E-state index < -0.39 is 10.8 Å². The van der Waals surface area contributed by atoms with Crippen LogP contribution < -0.4 is 16.6 Å². The van der Waals surface area contributed by atoms with E-state index in [0.29, 0.717) is 23.9 Å². The smallest absolute Gasteiger partial charge is 0.271 e. The molecule has 0 aliphatic rings. The summed E-state index contributed by atoms with van der Waals surface area (Å²) in [4.78, 5) is 11.5. The van der Waals surface area contributed by atoms with E-state index >= 15 is 0 Å². The van der Waals surface area contributed by atoms with E-state index in [9.17, 15) is 9.00 Å². The van der Waals surface area contributed by atoms with Crippen LogP contribution in [0.25, 0.3) is 0 Å². The maximum Gasteiger partial charge on any atom is 0.271 e. The molecule has 0 saturated carbocycles. The molecule has 7 nitrogen and oxygen atoms in total.